The third-order valence-corrected chi connectivity index (χ3v) is 29.8. The molecule has 4 saturated carbocycles. The van der Waals surface area contributed by atoms with Crippen LogP contribution in [0.3, 0.4) is 0 Å². The summed E-state index contributed by atoms with van der Waals surface area (Å²) in [5.41, 5.74) is -5.00. The molecule has 6 aliphatic heterocycles. The van der Waals surface area contributed by atoms with Gasteiger partial charge in [-0.2, -0.15) is 0 Å². The number of carboxylic acid groups (broad SMARTS) is 1. The van der Waals surface area contributed by atoms with Gasteiger partial charge in [0.25, 0.3) is 5.91 Å². The Morgan fingerprint density at radius 2 is 1.11 bits per heavy atom. The second kappa shape index (κ2) is 40.5. The van der Waals surface area contributed by atoms with Gasteiger partial charge in [-0.15, -0.1) is 0 Å². The summed E-state index contributed by atoms with van der Waals surface area (Å²) in [5.74, 6) is -5.40. The molecule has 5 aliphatic carbocycles. The lowest BCUT2D eigenvalue weighted by Gasteiger charge is -2.71. The number of rotatable bonds is 34. The standard InChI is InChI=1S/C84H138N2O35/c1-11-12-13-14-15-16-17-18-19-20-21-22-51(92)86-43(71(106)107)27-32-85-70(105)66-63(104)65(116-72-60(101)54(95)44(90)37-110-72)69(120-74-62(103)58(99)56(97)46(36-88)114-74)77(117-66)115-50-26-28-80(6)47(81(50,7)38-89)25-29-82(8)48(80)24-23-41-42-33-79(4,5)30-31-84(42,49(91)34-83(41,82)9)78(108)121-75-67(59(100)52(93)39(2)111-75)118-76-68(64(109-10)53(94)40(3)112-76)119-73-61(102)57(98)55(96)45(35-87)113-73/h23,38-40,42-50,52-69,72-77,87-88,90-91,93-104H,11-22,24-37H2,1-10H3,(H,85,105)(H,86,92)(H,106,107)/t39?,40?,42?,43?,44?,45?,46?,47?,48?,49-,50+,52?,53?,54?,55?,56?,57?,58?,59?,60?,61?,62?,63?,64?,65?,66?,67?,68?,69?,72?,73?,74?,75?,76?,77?,80+,81+,82-,83-,84-/m1/s1. The van der Waals surface area contributed by atoms with E-state index in [1.54, 1.807) is 6.92 Å². The molecule has 0 aromatic rings. The van der Waals surface area contributed by atoms with Gasteiger partial charge in [-0.1, -0.05) is 124 Å². The zero-order chi connectivity index (χ0) is 88.5. The van der Waals surface area contributed by atoms with E-state index in [4.69, 9.17) is 61.6 Å². The van der Waals surface area contributed by atoms with E-state index in [0.29, 0.717) is 44.9 Å². The Balaban J connectivity index is 0.853. The number of carboxylic acids is 1. The summed E-state index contributed by atoms with van der Waals surface area (Å²) in [6.07, 6.45) is -38.0. The molecule has 2 amide bonds. The molecule has 0 radical (unpaired) electrons. The zero-order valence-corrected chi connectivity index (χ0v) is 71.2. The van der Waals surface area contributed by atoms with Crippen LogP contribution in [0.2, 0.25) is 0 Å². The van der Waals surface area contributed by atoms with Crippen molar-refractivity contribution in [3.8, 4) is 0 Å². The molecule has 694 valence electrons. The number of hydrogen-bond acceptors (Lipinski definition) is 34. The zero-order valence-electron chi connectivity index (χ0n) is 71.2. The van der Waals surface area contributed by atoms with Crippen molar-refractivity contribution in [2.45, 2.75) is 400 Å². The van der Waals surface area contributed by atoms with Crippen molar-refractivity contribution in [3.05, 3.63) is 11.6 Å². The maximum Gasteiger partial charge on any atom is 0.326 e. The van der Waals surface area contributed by atoms with Crippen LogP contribution in [0.15, 0.2) is 11.6 Å². The molecule has 0 aromatic carbocycles. The topological polar surface area (TPSA) is 573 Å². The summed E-state index contributed by atoms with van der Waals surface area (Å²) in [7, 11) is 1.23. The van der Waals surface area contributed by atoms with Crippen LogP contribution in [-0.4, -0.2) is 347 Å². The molecule has 10 fully saturated rings. The van der Waals surface area contributed by atoms with Crippen LogP contribution in [0.1, 0.15) is 204 Å². The Hall–Kier alpha value is -3.83. The van der Waals surface area contributed by atoms with Crippen molar-refractivity contribution in [2.24, 2.45) is 50.2 Å². The van der Waals surface area contributed by atoms with Gasteiger partial charge < -0.3 is 164 Å². The molecule has 11 rings (SSSR count). The Morgan fingerprint density at radius 3 is 1.69 bits per heavy atom. The SMILES string of the molecule is CCCCCCCCCCCCCC(=O)NC(CCNC(=O)C1OC(O[C@H]2CC[C@@]3(C)C(CC[C@]4(C)C3CC=C3C5CC(C)(C)CC[C@]5(C(=O)OC5OC(C)C(O)C(O)C5OC5OC(C)C(O)C(OC)C5OC5OC(CO)C(O)C(O)C5O)[C@H](O)C[C@]34C)[C@]2(C)C=O)C(OC2OC(CO)C(O)C(O)C2O)C(OC2OCC(O)C(O)C2O)C1O)C(=O)O. The van der Waals surface area contributed by atoms with Gasteiger partial charge >= 0.3 is 11.9 Å². The summed E-state index contributed by atoms with van der Waals surface area (Å²) < 4.78 is 80.6. The molecule has 33 unspecified atom stereocenters. The number of amides is 2. The van der Waals surface area contributed by atoms with Crippen molar-refractivity contribution in [1.29, 1.82) is 0 Å². The van der Waals surface area contributed by atoms with E-state index in [2.05, 4.69) is 58.3 Å². The number of carbonyl (C=O) groups is 5. The third kappa shape index (κ3) is 19.6. The molecular formula is C84H138N2O35. The molecule has 121 heavy (non-hydrogen) atoms. The molecule has 11 aliphatic rings. The number of allylic oxidation sites excluding steroid dienone is 2. The number of nitrogens with one attached hydrogen (secondary N) is 2. The molecule has 0 spiro atoms. The van der Waals surface area contributed by atoms with Gasteiger partial charge in [0.05, 0.1) is 49.7 Å². The van der Waals surface area contributed by atoms with E-state index in [9.17, 15) is 106 Å². The second-order valence-corrected chi connectivity index (χ2v) is 37.9. The summed E-state index contributed by atoms with van der Waals surface area (Å²) in [6.45, 7) is 14.6. The number of fused-ring (bicyclic) bond motifs is 7. The number of hydrogen-bond donors (Lipinski definition) is 19. The van der Waals surface area contributed by atoms with E-state index >= 15 is 4.79 Å². The highest BCUT2D eigenvalue weighted by atomic mass is 16.8. The van der Waals surface area contributed by atoms with Crippen molar-refractivity contribution in [1.82, 2.24) is 10.6 Å². The third-order valence-electron chi connectivity index (χ3n) is 29.8. The normalized spacial score (nSPS) is 46.9. The minimum atomic E-state index is -2.23. The van der Waals surface area contributed by atoms with Crippen LogP contribution in [0, 0.1) is 50.2 Å². The first-order valence-electron chi connectivity index (χ1n) is 43.8. The highest BCUT2D eigenvalue weighted by Crippen LogP contribution is 2.76. The van der Waals surface area contributed by atoms with Crippen LogP contribution < -0.4 is 10.6 Å². The number of carbonyl (C=O) groups excluding carboxylic acids is 4. The largest absolute Gasteiger partial charge is 0.480 e. The number of aliphatic carboxylic acids is 1. The first kappa shape index (κ1) is 97.8. The second-order valence-electron chi connectivity index (χ2n) is 37.9. The fourth-order valence-electron chi connectivity index (χ4n) is 22.2. The van der Waals surface area contributed by atoms with Crippen molar-refractivity contribution < 1.29 is 172 Å². The van der Waals surface area contributed by atoms with Crippen LogP contribution in [0.4, 0.5) is 0 Å². The van der Waals surface area contributed by atoms with Crippen molar-refractivity contribution in [3.63, 3.8) is 0 Å². The number of unbranched alkanes of at least 4 members (excludes halogenated alkanes) is 10. The van der Waals surface area contributed by atoms with Gasteiger partial charge in [0.15, 0.2) is 43.7 Å². The smallest absolute Gasteiger partial charge is 0.326 e. The number of methoxy groups -OCH3 is 1. The molecule has 37 nitrogen and oxygen atoms in total. The van der Waals surface area contributed by atoms with E-state index < -0.39 is 291 Å². The maximum atomic E-state index is 16.0. The molecule has 19 N–H and O–H groups in total. The summed E-state index contributed by atoms with van der Waals surface area (Å²) in [4.78, 5) is 71.2. The number of aliphatic hydroxyl groups excluding tert-OH is 16. The predicted molar refractivity (Wildman–Crippen MR) is 417 cm³/mol. The molecule has 6 heterocycles. The van der Waals surface area contributed by atoms with Gasteiger partial charge in [0, 0.05) is 20.1 Å². The van der Waals surface area contributed by atoms with Crippen molar-refractivity contribution in [2.75, 3.05) is 33.5 Å². The van der Waals surface area contributed by atoms with Gasteiger partial charge in [0.1, 0.15) is 134 Å². The molecular weight excluding hydrogens is 1600 g/mol. The highest BCUT2D eigenvalue weighted by Gasteiger charge is 2.73. The average Bonchev–Trinajstić information content (AvgIpc) is 0.669. The van der Waals surface area contributed by atoms with Gasteiger partial charge in [-0.05, 0) is 124 Å². The number of ether oxygens (including phenoxy) is 13. The minimum Gasteiger partial charge on any atom is -0.480 e. The Morgan fingerprint density at radius 1 is 0.554 bits per heavy atom. The first-order chi connectivity index (χ1) is 57.2. The maximum absolute atomic E-state index is 16.0. The summed E-state index contributed by atoms with van der Waals surface area (Å²) >= 11 is 0. The van der Waals surface area contributed by atoms with E-state index in [0.717, 1.165) is 44.0 Å². The highest BCUT2D eigenvalue weighted by molar-refractivity contribution is 5.84. The monoisotopic (exact) mass is 1730 g/mol. The van der Waals surface area contributed by atoms with Gasteiger partial charge in [-0.3, -0.25) is 14.4 Å². The summed E-state index contributed by atoms with van der Waals surface area (Å²) in [5, 5.41) is 195. The predicted octanol–water partition coefficient (Wildman–Crippen LogP) is -1.10. The van der Waals surface area contributed by atoms with Gasteiger partial charge in [-0.25, -0.2) is 4.79 Å². The summed E-state index contributed by atoms with van der Waals surface area (Å²) in [6, 6.07) is -1.48. The molecule has 40 atom stereocenters. The molecule has 0 bridgehead atoms. The van der Waals surface area contributed by atoms with Crippen LogP contribution in [0.5, 0.6) is 0 Å². The molecule has 6 saturated heterocycles. The Labute approximate surface area is 705 Å². The lowest BCUT2D eigenvalue weighted by Crippen LogP contribution is -2.70. The van der Waals surface area contributed by atoms with Crippen LogP contribution in [-0.2, 0) is 85.6 Å². The van der Waals surface area contributed by atoms with E-state index in [1.807, 2.05) is 0 Å². The number of esters is 1. The minimum absolute atomic E-state index is 0.0291. The Bertz CT molecular complexity index is 3460. The Kier molecular flexibility index (Phi) is 32.7. The fourth-order valence-corrected chi connectivity index (χ4v) is 22.2. The van der Waals surface area contributed by atoms with Crippen LogP contribution >= 0.6 is 0 Å². The van der Waals surface area contributed by atoms with Crippen molar-refractivity contribution >= 4 is 30.0 Å². The quantitative estimate of drug-likeness (QED) is 0.0119. The fraction of sp³-hybridized carbons (Fsp3) is 0.917. The molecule has 37 heteroatoms. The molecule has 0 aromatic heterocycles. The van der Waals surface area contributed by atoms with E-state index in [-0.39, 0.29) is 38.0 Å². The lowest BCUT2D eigenvalue weighted by atomic mass is 9.33. The average molecular weight is 1740 g/mol. The van der Waals surface area contributed by atoms with E-state index in [1.165, 1.54) is 53.1 Å². The van der Waals surface area contributed by atoms with Crippen LogP contribution in [0.25, 0.3) is 0 Å². The number of aliphatic hydroxyl groups is 16. The first-order valence-corrected chi connectivity index (χ1v) is 43.8. The van der Waals surface area contributed by atoms with Gasteiger partial charge in [0.2, 0.25) is 12.2 Å². The number of aldehydes is 1. The lowest BCUT2D eigenvalue weighted by molar-refractivity contribution is -0.391.